The molecule has 0 unspecified atom stereocenters. The summed E-state index contributed by atoms with van der Waals surface area (Å²) in [5.74, 6) is -4.38. The SMILES string of the molecule is O=C(CCl)NCC(=O)N1CN(C(=O)CNC(=O)CCl)CN(C(=O)CNC(=O)CCl)C1. The molecule has 168 valence electrons. The first kappa shape index (κ1) is 25.7. The molecule has 0 spiro atoms. The quantitative estimate of drug-likeness (QED) is 0.304. The van der Waals surface area contributed by atoms with Crippen molar-refractivity contribution in [3.05, 3.63) is 0 Å². The molecule has 30 heavy (non-hydrogen) atoms. The molecule has 0 bridgehead atoms. The number of carbonyl (C=O) groups is 6. The molecule has 1 aliphatic heterocycles. The van der Waals surface area contributed by atoms with Crippen LogP contribution in [0.1, 0.15) is 0 Å². The molecule has 0 aliphatic carbocycles. The summed E-state index contributed by atoms with van der Waals surface area (Å²) in [5.41, 5.74) is 0. The zero-order valence-corrected chi connectivity index (χ0v) is 18.1. The van der Waals surface area contributed by atoms with Crippen LogP contribution in [-0.2, 0) is 28.8 Å². The Morgan fingerprint density at radius 2 is 0.767 bits per heavy atom. The topological polar surface area (TPSA) is 148 Å². The van der Waals surface area contributed by atoms with E-state index in [0.29, 0.717) is 0 Å². The Balaban J connectivity index is 2.84. The Labute approximate surface area is 187 Å². The molecule has 0 aromatic rings. The smallest absolute Gasteiger partial charge is 0.244 e. The Kier molecular flexibility index (Phi) is 11.2. The first-order valence-corrected chi connectivity index (χ1v) is 10.1. The number of carbonyl (C=O) groups excluding carboxylic acids is 6. The van der Waals surface area contributed by atoms with Crippen molar-refractivity contribution in [3.8, 4) is 0 Å². The van der Waals surface area contributed by atoms with Gasteiger partial charge in [-0.1, -0.05) is 0 Å². The van der Waals surface area contributed by atoms with E-state index >= 15 is 0 Å². The normalized spacial score (nSPS) is 13.5. The largest absolute Gasteiger partial charge is 0.346 e. The number of hydrogen-bond acceptors (Lipinski definition) is 6. The number of alkyl halides is 3. The first-order valence-electron chi connectivity index (χ1n) is 8.53. The number of amides is 6. The summed E-state index contributed by atoms with van der Waals surface area (Å²) in [5, 5.41) is 6.90. The molecule has 0 saturated carbocycles. The van der Waals surface area contributed by atoms with Gasteiger partial charge in [0, 0.05) is 0 Å². The van der Waals surface area contributed by atoms with Crippen LogP contribution in [0.15, 0.2) is 0 Å². The molecule has 1 saturated heterocycles. The van der Waals surface area contributed by atoms with Crippen LogP contribution < -0.4 is 16.0 Å². The number of rotatable bonds is 9. The molecule has 0 atom stereocenters. The predicted octanol–water partition coefficient (Wildman–Crippen LogP) is -2.58. The van der Waals surface area contributed by atoms with E-state index < -0.39 is 35.4 Å². The highest BCUT2D eigenvalue weighted by Gasteiger charge is 2.32. The average Bonchev–Trinajstić information content (AvgIpc) is 2.77. The van der Waals surface area contributed by atoms with Gasteiger partial charge in [0.25, 0.3) is 0 Å². The Morgan fingerprint density at radius 1 is 0.533 bits per heavy atom. The van der Waals surface area contributed by atoms with Crippen molar-refractivity contribution in [1.82, 2.24) is 30.7 Å². The monoisotopic (exact) mass is 486 g/mol. The maximum Gasteiger partial charge on any atom is 0.244 e. The van der Waals surface area contributed by atoms with E-state index in [0.717, 1.165) is 14.7 Å². The summed E-state index contributed by atoms with van der Waals surface area (Å²) in [4.78, 5) is 74.4. The van der Waals surface area contributed by atoms with Crippen molar-refractivity contribution in [1.29, 1.82) is 0 Å². The van der Waals surface area contributed by atoms with Crippen LogP contribution in [0.25, 0.3) is 0 Å². The fourth-order valence-electron chi connectivity index (χ4n) is 2.23. The third-order valence-electron chi connectivity index (χ3n) is 3.76. The summed E-state index contributed by atoms with van der Waals surface area (Å²) >= 11 is 16.1. The van der Waals surface area contributed by atoms with Crippen LogP contribution in [-0.4, -0.2) is 107 Å². The lowest BCUT2D eigenvalue weighted by molar-refractivity contribution is -0.158. The van der Waals surface area contributed by atoms with Crippen LogP contribution in [0.5, 0.6) is 0 Å². The van der Waals surface area contributed by atoms with Crippen molar-refractivity contribution >= 4 is 70.2 Å². The Bertz CT molecular complexity index is 597. The van der Waals surface area contributed by atoms with Crippen molar-refractivity contribution in [3.63, 3.8) is 0 Å². The third kappa shape index (κ3) is 8.59. The maximum atomic E-state index is 12.4. The molecule has 0 radical (unpaired) electrons. The highest BCUT2D eigenvalue weighted by Crippen LogP contribution is 2.09. The van der Waals surface area contributed by atoms with Gasteiger partial charge in [-0.2, -0.15) is 0 Å². The molecular weight excluding hydrogens is 467 g/mol. The van der Waals surface area contributed by atoms with Crippen LogP contribution in [0.2, 0.25) is 0 Å². The van der Waals surface area contributed by atoms with Crippen LogP contribution >= 0.6 is 34.8 Å². The maximum absolute atomic E-state index is 12.4. The van der Waals surface area contributed by atoms with Gasteiger partial charge >= 0.3 is 0 Å². The second kappa shape index (κ2) is 13.1. The number of nitrogens with zero attached hydrogens (tertiary/aromatic N) is 3. The zero-order chi connectivity index (χ0) is 22.7. The molecule has 0 aromatic heterocycles. The van der Waals surface area contributed by atoms with Crippen molar-refractivity contribution in [2.75, 3.05) is 57.3 Å². The highest BCUT2D eigenvalue weighted by molar-refractivity contribution is 6.28. The fourth-order valence-corrected chi connectivity index (χ4v) is 2.51. The van der Waals surface area contributed by atoms with Crippen molar-refractivity contribution < 1.29 is 28.8 Å². The lowest BCUT2D eigenvalue weighted by Crippen LogP contribution is -2.62. The van der Waals surface area contributed by atoms with Gasteiger partial charge in [-0.05, 0) is 0 Å². The molecule has 1 aliphatic rings. The molecular formula is C15H21Cl3N6O6. The minimum Gasteiger partial charge on any atom is -0.346 e. The summed E-state index contributed by atoms with van der Waals surface area (Å²) < 4.78 is 0. The van der Waals surface area contributed by atoms with Crippen LogP contribution in [0.4, 0.5) is 0 Å². The Morgan fingerprint density at radius 3 is 0.967 bits per heavy atom. The third-order valence-corrected chi connectivity index (χ3v) is 4.49. The van der Waals surface area contributed by atoms with E-state index in [1.54, 1.807) is 0 Å². The van der Waals surface area contributed by atoms with Gasteiger partial charge in [0.15, 0.2) is 0 Å². The van der Waals surface area contributed by atoms with E-state index in [-0.39, 0.29) is 57.3 Å². The standard InChI is InChI=1S/C15H21Cl3N6O6/c16-1-10(25)19-4-13(28)22-7-23(14(29)5-20-11(26)2-17)9-24(8-22)15(30)6-21-12(27)3-18/h1-9H2,(H,19,25)(H,20,26)(H,21,27). The van der Waals surface area contributed by atoms with Gasteiger partial charge in [-0.3, -0.25) is 28.8 Å². The van der Waals surface area contributed by atoms with Crippen molar-refractivity contribution in [2.45, 2.75) is 0 Å². The summed E-state index contributed by atoms with van der Waals surface area (Å²) in [6.07, 6.45) is 0. The Hall–Kier alpha value is -2.31. The first-order chi connectivity index (χ1) is 14.2. The van der Waals surface area contributed by atoms with Crippen LogP contribution in [0.3, 0.4) is 0 Å². The molecule has 12 nitrogen and oxygen atoms in total. The number of hydrogen-bond donors (Lipinski definition) is 3. The summed E-state index contributed by atoms with van der Waals surface area (Å²) in [7, 11) is 0. The van der Waals surface area contributed by atoms with Crippen LogP contribution in [0, 0.1) is 0 Å². The molecule has 1 heterocycles. The molecule has 0 aromatic carbocycles. The van der Waals surface area contributed by atoms with Gasteiger partial charge < -0.3 is 30.7 Å². The minimum absolute atomic E-state index is 0.178. The second-order valence-electron chi connectivity index (χ2n) is 5.96. The van der Waals surface area contributed by atoms with E-state index in [4.69, 9.17) is 34.8 Å². The van der Waals surface area contributed by atoms with Gasteiger partial charge in [0.2, 0.25) is 35.4 Å². The molecule has 15 heteroatoms. The van der Waals surface area contributed by atoms with E-state index in [1.165, 1.54) is 0 Å². The van der Waals surface area contributed by atoms with Gasteiger partial charge in [-0.25, -0.2) is 0 Å². The lowest BCUT2D eigenvalue weighted by atomic mass is 10.3. The minimum atomic E-state index is -0.571. The molecule has 3 N–H and O–H groups in total. The number of halogens is 3. The fraction of sp³-hybridized carbons (Fsp3) is 0.600. The lowest BCUT2D eigenvalue weighted by Gasteiger charge is -2.42. The highest BCUT2D eigenvalue weighted by atomic mass is 35.5. The summed E-state index contributed by atoms with van der Waals surface area (Å²) in [6, 6.07) is 0. The average molecular weight is 488 g/mol. The second-order valence-corrected chi connectivity index (χ2v) is 6.76. The van der Waals surface area contributed by atoms with Crippen molar-refractivity contribution in [2.24, 2.45) is 0 Å². The predicted molar refractivity (Wildman–Crippen MR) is 106 cm³/mol. The molecule has 6 amide bonds. The van der Waals surface area contributed by atoms with Gasteiger partial charge in [-0.15, -0.1) is 34.8 Å². The zero-order valence-electron chi connectivity index (χ0n) is 15.8. The van der Waals surface area contributed by atoms with E-state index in [1.807, 2.05) is 0 Å². The van der Waals surface area contributed by atoms with E-state index in [9.17, 15) is 28.8 Å². The molecule has 1 rings (SSSR count). The molecule has 1 fully saturated rings. The number of nitrogens with one attached hydrogen (secondary N) is 3. The van der Waals surface area contributed by atoms with Gasteiger partial charge in [0.05, 0.1) is 39.6 Å². The summed E-state index contributed by atoms with van der Waals surface area (Å²) in [6.45, 7) is -1.69. The van der Waals surface area contributed by atoms with Gasteiger partial charge in [0.1, 0.15) is 17.6 Å². The van der Waals surface area contributed by atoms with E-state index in [2.05, 4.69) is 16.0 Å².